The van der Waals surface area contributed by atoms with Crippen molar-refractivity contribution in [3.05, 3.63) is 59.0 Å². The number of carbonyl (C=O) groups is 1. The molecule has 2 aromatic heterocycles. The van der Waals surface area contributed by atoms with Crippen LogP contribution < -0.4 is 15.4 Å². The molecule has 0 unspecified atom stereocenters. The zero-order valence-corrected chi connectivity index (χ0v) is 14.6. The number of nitrogens with one attached hydrogen (secondary N) is 4. The highest BCUT2D eigenvalue weighted by molar-refractivity contribution is 6.03. The second-order valence-electron chi connectivity index (χ2n) is 6.44. The first kappa shape index (κ1) is 16.4. The minimum Gasteiger partial charge on any atom is -0.438 e. The molecule has 1 aromatic carbocycles. The SMILES string of the molecule is Cc1cc(Oc2ccc(NC(=O)c3cc4c([nH]3)CCCNC4)cc2)n[nH]1. The number of carbonyl (C=O) groups excluding carboxylic acids is 1. The fourth-order valence-corrected chi connectivity index (χ4v) is 3.03. The molecule has 0 fully saturated rings. The van der Waals surface area contributed by atoms with Crippen LogP contribution in [-0.2, 0) is 13.0 Å². The third-order valence-corrected chi connectivity index (χ3v) is 4.35. The van der Waals surface area contributed by atoms with Crippen LogP contribution in [0.1, 0.15) is 33.9 Å². The third-order valence-electron chi connectivity index (χ3n) is 4.35. The quantitative estimate of drug-likeness (QED) is 0.581. The van der Waals surface area contributed by atoms with E-state index < -0.39 is 0 Å². The van der Waals surface area contributed by atoms with Gasteiger partial charge in [0.1, 0.15) is 11.4 Å². The number of hydrogen-bond acceptors (Lipinski definition) is 4. The molecule has 3 heterocycles. The molecule has 0 saturated heterocycles. The van der Waals surface area contributed by atoms with Gasteiger partial charge in [0.05, 0.1) is 0 Å². The van der Waals surface area contributed by atoms with Gasteiger partial charge in [-0.05, 0) is 62.2 Å². The van der Waals surface area contributed by atoms with Gasteiger partial charge in [-0.2, -0.15) is 0 Å². The molecule has 0 radical (unpaired) electrons. The highest BCUT2D eigenvalue weighted by atomic mass is 16.5. The van der Waals surface area contributed by atoms with Crippen molar-refractivity contribution in [3.8, 4) is 11.6 Å². The number of hydrogen-bond donors (Lipinski definition) is 4. The number of anilines is 1. The van der Waals surface area contributed by atoms with Gasteiger partial charge in [-0.25, -0.2) is 0 Å². The van der Waals surface area contributed by atoms with E-state index in [4.69, 9.17) is 4.74 Å². The predicted molar refractivity (Wildman–Crippen MR) is 98.6 cm³/mol. The summed E-state index contributed by atoms with van der Waals surface area (Å²) in [6, 6.07) is 11.0. The molecule has 7 heteroatoms. The lowest BCUT2D eigenvalue weighted by molar-refractivity contribution is 0.102. The normalized spacial score (nSPS) is 13.7. The van der Waals surface area contributed by atoms with Crippen molar-refractivity contribution in [3.63, 3.8) is 0 Å². The van der Waals surface area contributed by atoms with E-state index in [1.54, 1.807) is 12.1 Å². The molecule has 0 aliphatic carbocycles. The molecule has 26 heavy (non-hydrogen) atoms. The molecule has 4 rings (SSSR count). The van der Waals surface area contributed by atoms with Crippen LogP contribution in [-0.4, -0.2) is 27.6 Å². The number of aromatic nitrogens is 3. The molecule has 1 amide bonds. The second kappa shape index (κ2) is 7.05. The van der Waals surface area contributed by atoms with E-state index in [1.807, 2.05) is 31.2 Å². The molecule has 0 bridgehead atoms. The Morgan fingerprint density at radius 1 is 1.23 bits per heavy atom. The summed E-state index contributed by atoms with van der Waals surface area (Å²) in [5.74, 6) is 1.03. The van der Waals surface area contributed by atoms with Crippen LogP contribution in [0.15, 0.2) is 36.4 Å². The number of ether oxygens (including phenoxy) is 1. The summed E-state index contributed by atoms with van der Waals surface area (Å²) < 4.78 is 5.64. The van der Waals surface area contributed by atoms with E-state index in [2.05, 4.69) is 25.8 Å². The molecule has 3 aromatic rings. The van der Waals surface area contributed by atoms with Crippen LogP contribution in [0, 0.1) is 6.92 Å². The summed E-state index contributed by atoms with van der Waals surface area (Å²) in [6.45, 7) is 3.73. The number of benzene rings is 1. The van der Waals surface area contributed by atoms with E-state index >= 15 is 0 Å². The Kier molecular flexibility index (Phi) is 4.45. The first-order valence-electron chi connectivity index (χ1n) is 8.70. The Morgan fingerprint density at radius 2 is 2.08 bits per heavy atom. The van der Waals surface area contributed by atoms with Crippen LogP contribution in [0.3, 0.4) is 0 Å². The molecule has 0 spiro atoms. The summed E-state index contributed by atoms with van der Waals surface area (Å²) >= 11 is 0. The molecule has 7 nitrogen and oxygen atoms in total. The zero-order chi connectivity index (χ0) is 17.9. The molecule has 0 atom stereocenters. The van der Waals surface area contributed by atoms with Crippen molar-refractivity contribution >= 4 is 11.6 Å². The average molecular weight is 351 g/mol. The van der Waals surface area contributed by atoms with E-state index in [-0.39, 0.29) is 5.91 Å². The van der Waals surface area contributed by atoms with E-state index in [0.29, 0.717) is 23.0 Å². The number of rotatable bonds is 4. The lowest BCUT2D eigenvalue weighted by Crippen LogP contribution is -2.13. The van der Waals surface area contributed by atoms with Crippen molar-refractivity contribution in [2.75, 3.05) is 11.9 Å². The number of H-pyrrole nitrogens is 2. The van der Waals surface area contributed by atoms with Gasteiger partial charge in [0.2, 0.25) is 5.88 Å². The van der Waals surface area contributed by atoms with Crippen molar-refractivity contribution in [1.82, 2.24) is 20.5 Å². The molecule has 1 aliphatic heterocycles. The first-order valence-corrected chi connectivity index (χ1v) is 8.70. The minimum atomic E-state index is -0.144. The lowest BCUT2D eigenvalue weighted by atomic mass is 10.2. The Balaban J connectivity index is 1.41. The van der Waals surface area contributed by atoms with Gasteiger partial charge in [0.15, 0.2) is 0 Å². The monoisotopic (exact) mass is 351 g/mol. The molecule has 1 aliphatic rings. The van der Waals surface area contributed by atoms with Gasteiger partial charge in [-0.3, -0.25) is 9.89 Å². The van der Waals surface area contributed by atoms with Crippen LogP contribution >= 0.6 is 0 Å². The van der Waals surface area contributed by atoms with E-state index in [9.17, 15) is 4.79 Å². The summed E-state index contributed by atoms with van der Waals surface area (Å²) in [6.07, 6.45) is 2.04. The maximum Gasteiger partial charge on any atom is 0.272 e. The topological polar surface area (TPSA) is 94.8 Å². The van der Waals surface area contributed by atoms with Crippen molar-refractivity contribution in [2.24, 2.45) is 0 Å². The summed E-state index contributed by atoms with van der Waals surface area (Å²) in [7, 11) is 0. The highest BCUT2D eigenvalue weighted by Gasteiger charge is 2.15. The number of aryl methyl sites for hydroxylation is 2. The Labute approximate surface area is 151 Å². The summed E-state index contributed by atoms with van der Waals surface area (Å²) in [4.78, 5) is 15.7. The Hall–Kier alpha value is -3.06. The lowest BCUT2D eigenvalue weighted by Gasteiger charge is -2.06. The second-order valence-corrected chi connectivity index (χ2v) is 6.44. The van der Waals surface area contributed by atoms with Crippen LogP contribution in [0.25, 0.3) is 0 Å². The molecular formula is C19H21N5O2. The Morgan fingerprint density at radius 3 is 2.85 bits per heavy atom. The average Bonchev–Trinajstić information content (AvgIpc) is 3.17. The van der Waals surface area contributed by atoms with Crippen LogP contribution in [0.2, 0.25) is 0 Å². The molecule has 0 saturated carbocycles. The number of aromatic amines is 2. The summed E-state index contributed by atoms with van der Waals surface area (Å²) in [5, 5.41) is 13.1. The largest absolute Gasteiger partial charge is 0.438 e. The Bertz CT molecular complexity index is 887. The zero-order valence-electron chi connectivity index (χ0n) is 14.6. The number of fused-ring (bicyclic) bond motifs is 1. The predicted octanol–water partition coefficient (Wildman–Crippen LogP) is 3.13. The molecule has 4 N–H and O–H groups in total. The van der Waals surface area contributed by atoms with Crippen molar-refractivity contribution < 1.29 is 9.53 Å². The smallest absolute Gasteiger partial charge is 0.272 e. The standard InChI is InChI=1S/C19H21N5O2/c1-12-9-18(24-23-12)26-15-6-4-14(5-7-15)21-19(25)17-10-13-11-20-8-2-3-16(13)22-17/h4-7,9-10,20,22H,2-3,8,11H2,1H3,(H,21,25)(H,23,24). The first-order chi connectivity index (χ1) is 12.7. The van der Waals surface area contributed by atoms with Gasteiger partial charge in [0, 0.05) is 29.7 Å². The fraction of sp³-hybridized carbons (Fsp3) is 0.263. The minimum absolute atomic E-state index is 0.144. The maximum absolute atomic E-state index is 12.5. The van der Waals surface area contributed by atoms with Crippen molar-refractivity contribution in [1.29, 1.82) is 0 Å². The van der Waals surface area contributed by atoms with Gasteiger partial charge in [-0.15, -0.1) is 5.10 Å². The van der Waals surface area contributed by atoms with Gasteiger partial charge < -0.3 is 20.4 Å². The van der Waals surface area contributed by atoms with Gasteiger partial charge in [0.25, 0.3) is 5.91 Å². The highest BCUT2D eigenvalue weighted by Crippen LogP contribution is 2.22. The molecular weight excluding hydrogens is 330 g/mol. The third kappa shape index (κ3) is 3.62. The van der Waals surface area contributed by atoms with Crippen LogP contribution in [0.4, 0.5) is 5.69 Å². The fourth-order valence-electron chi connectivity index (χ4n) is 3.03. The van der Waals surface area contributed by atoms with E-state index in [1.165, 1.54) is 5.56 Å². The van der Waals surface area contributed by atoms with E-state index in [0.717, 1.165) is 37.3 Å². The summed E-state index contributed by atoms with van der Waals surface area (Å²) in [5.41, 5.74) is 4.56. The maximum atomic E-state index is 12.5. The van der Waals surface area contributed by atoms with Crippen molar-refractivity contribution in [2.45, 2.75) is 26.3 Å². The van der Waals surface area contributed by atoms with Gasteiger partial charge in [-0.1, -0.05) is 0 Å². The van der Waals surface area contributed by atoms with Gasteiger partial charge >= 0.3 is 0 Å². The molecule has 134 valence electrons. The van der Waals surface area contributed by atoms with Crippen LogP contribution in [0.5, 0.6) is 11.6 Å². The number of amides is 1. The number of nitrogens with zero attached hydrogens (tertiary/aromatic N) is 1.